The van der Waals surface area contributed by atoms with E-state index >= 15 is 0 Å². The highest BCUT2D eigenvalue weighted by atomic mass is 79.9. The predicted molar refractivity (Wildman–Crippen MR) is 85.0 cm³/mol. The fourth-order valence-corrected chi connectivity index (χ4v) is 2.40. The number of rotatable bonds is 3. The summed E-state index contributed by atoms with van der Waals surface area (Å²) in [6.45, 7) is 3.51. The number of amides is 1. The highest BCUT2D eigenvalue weighted by Crippen LogP contribution is 2.22. The Morgan fingerprint density at radius 2 is 1.74 bits per heavy atom. The predicted octanol–water partition coefficient (Wildman–Crippen LogP) is 1.72. The minimum absolute atomic E-state index is 0. The largest absolute Gasteiger partial charge is 0.368 e. The van der Waals surface area contributed by atoms with Crippen molar-refractivity contribution in [1.29, 1.82) is 0 Å². The van der Waals surface area contributed by atoms with Crippen LogP contribution in [0.2, 0.25) is 0 Å². The lowest BCUT2D eigenvalue weighted by atomic mass is 10.0. The molecule has 4 nitrogen and oxygen atoms in total. The van der Waals surface area contributed by atoms with Gasteiger partial charge in [0.25, 0.3) is 0 Å². The van der Waals surface area contributed by atoms with Gasteiger partial charge >= 0.3 is 0 Å². The van der Waals surface area contributed by atoms with Gasteiger partial charge in [0, 0.05) is 30.7 Å². The minimum Gasteiger partial charge on any atom is -0.368 e. The molecule has 1 aliphatic heterocycles. The molecule has 0 saturated carbocycles. The van der Waals surface area contributed by atoms with Gasteiger partial charge in [-0.05, 0) is 17.7 Å². The van der Waals surface area contributed by atoms with Crippen molar-refractivity contribution in [2.75, 3.05) is 26.2 Å². The zero-order valence-electron chi connectivity index (χ0n) is 10.3. The monoisotopic (exact) mass is 369 g/mol. The second-order valence-corrected chi connectivity index (χ2v) is 5.06. The zero-order valence-corrected chi connectivity index (χ0v) is 13.6. The molecule has 1 aliphatic rings. The normalized spacial score (nSPS) is 16.9. The van der Waals surface area contributed by atoms with E-state index in [9.17, 15) is 4.79 Å². The van der Waals surface area contributed by atoms with E-state index in [1.807, 2.05) is 24.3 Å². The molecule has 19 heavy (non-hydrogen) atoms. The molecule has 1 fully saturated rings. The lowest BCUT2D eigenvalue weighted by Crippen LogP contribution is -2.48. The van der Waals surface area contributed by atoms with Gasteiger partial charge < -0.3 is 11.1 Å². The summed E-state index contributed by atoms with van der Waals surface area (Å²) in [4.78, 5) is 13.8. The Labute approximate surface area is 134 Å². The van der Waals surface area contributed by atoms with E-state index < -0.39 is 0 Å². The van der Waals surface area contributed by atoms with Crippen LogP contribution in [0, 0.1) is 0 Å². The molecule has 1 aromatic rings. The number of carbonyl (C=O) groups is 1. The Hall–Kier alpha value is -0.330. The number of hydrogen-bond acceptors (Lipinski definition) is 3. The van der Waals surface area contributed by atoms with Gasteiger partial charge in [-0.1, -0.05) is 28.1 Å². The van der Waals surface area contributed by atoms with Gasteiger partial charge in [0.2, 0.25) is 5.91 Å². The molecule has 1 unspecified atom stereocenters. The Bertz CT molecular complexity index is 396. The summed E-state index contributed by atoms with van der Waals surface area (Å²) in [7, 11) is 0. The molecule has 3 N–H and O–H groups in total. The van der Waals surface area contributed by atoms with E-state index in [1.54, 1.807) is 0 Å². The molecule has 0 aromatic heterocycles. The second-order valence-electron chi connectivity index (χ2n) is 4.14. The van der Waals surface area contributed by atoms with Crippen LogP contribution in [0.5, 0.6) is 0 Å². The maximum absolute atomic E-state index is 11.6. The first-order valence-corrected chi connectivity index (χ1v) is 6.47. The van der Waals surface area contributed by atoms with Gasteiger partial charge in [-0.3, -0.25) is 9.69 Å². The molecule has 0 bridgehead atoms. The molecular formula is C12H18BrCl2N3O. The minimum atomic E-state index is -0.315. The fraction of sp³-hybridized carbons (Fsp3) is 0.417. The standard InChI is InChI=1S/C12H16BrN3O.2ClH/c13-10-3-1-9(2-4-10)11(12(14)17)16-7-5-15-6-8-16;;/h1-4,11,15H,5-8H2,(H2,14,17);2*1H. The summed E-state index contributed by atoms with van der Waals surface area (Å²) in [5.74, 6) is -0.283. The Balaban J connectivity index is 0.00000162. The molecular weight excluding hydrogens is 353 g/mol. The lowest BCUT2D eigenvalue weighted by Gasteiger charge is -2.33. The van der Waals surface area contributed by atoms with Gasteiger partial charge in [0.1, 0.15) is 6.04 Å². The van der Waals surface area contributed by atoms with Crippen LogP contribution in [0.25, 0.3) is 0 Å². The van der Waals surface area contributed by atoms with E-state index in [2.05, 4.69) is 26.1 Å². The first kappa shape index (κ1) is 18.7. The molecule has 108 valence electrons. The van der Waals surface area contributed by atoms with Crippen molar-refractivity contribution in [3.8, 4) is 0 Å². The molecule has 1 atom stereocenters. The summed E-state index contributed by atoms with van der Waals surface area (Å²) < 4.78 is 1.00. The quantitative estimate of drug-likeness (QED) is 0.851. The van der Waals surface area contributed by atoms with Gasteiger partial charge in [-0.2, -0.15) is 0 Å². The third kappa shape index (κ3) is 4.93. The molecule has 0 radical (unpaired) electrons. The van der Waals surface area contributed by atoms with E-state index in [-0.39, 0.29) is 36.8 Å². The van der Waals surface area contributed by atoms with Crippen LogP contribution in [0.15, 0.2) is 28.7 Å². The van der Waals surface area contributed by atoms with Crippen molar-refractivity contribution in [3.05, 3.63) is 34.3 Å². The highest BCUT2D eigenvalue weighted by Gasteiger charge is 2.26. The van der Waals surface area contributed by atoms with Crippen molar-refractivity contribution in [2.45, 2.75) is 6.04 Å². The number of nitrogens with two attached hydrogens (primary N) is 1. The van der Waals surface area contributed by atoms with Gasteiger partial charge in [-0.15, -0.1) is 24.8 Å². The number of nitrogens with zero attached hydrogens (tertiary/aromatic N) is 1. The molecule has 0 aliphatic carbocycles. The number of nitrogens with one attached hydrogen (secondary N) is 1. The smallest absolute Gasteiger partial charge is 0.239 e. The van der Waals surface area contributed by atoms with E-state index in [4.69, 9.17) is 5.73 Å². The van der Waals surface area contributed by atoms with Crippen LogP contribution < -0.4 is 11.1 Å². The average Bonchev–Trinajstić information content (AvgIpc) is 2.33. The third-order valence-electron chi connectivity index (χ3n) is 2.97. The van der Waals surface area contributed by atoms with Gasteiger partial charge in [0.05, 0.1) is 0 Å². The van der Waals surface area contributed by atoms with Crippen LogP contribution in [0.4, 0.5) is 0 Å². The molecule has 0 spiro atoms. The van der Waals surface area contributed by atoms with Crippen molar-refractivity contribution < 1.29 is 4.79 Å². The Morgan fingerprint density at radius 3 is 2.21 bits per heavy atom. The number of carbonyl (C=O) groups excluding carboxylic acids is 1. The topological polar surface area (TPSA) is 58.4 Å². The number of halogens is 3. The van der Waals surface area contributed by atoms with Crippen LogP contribution >= 0.6 is 40.7 Å². The van der Waals surface area contributed by atoms with Crippen molar-refractivity contribution in [3.63, 3.8) is 0 Å². The Morgan fingerprint density at radius 1 is 1.21 bits per heavy atom. The maximum Gasteiger partial charge on any atom is 0.239 e. The summed E-state index contributed by atoms with van der Waals surface area (Å²) in [6.07, 6.45) is 0. The summed E-state index contributed by atoms with van der Waals surface area (Å²) >= 11 is 3.39. The summed E-state index contributed by atoms with van der Waals surface area (Å²) in [5, 5.41) is 3.27. The number of piperazine rings is 1. The number of hydrogen-bond donors (Lipinski definition) is 2. The molecule has 1 aromatic carbocycles. The summed E-state index contributed by atoms with van der Waals surface area (Å²) in [6, 6.07) is 7.45. The van der Waals surface area contributed by atoms with Gasteiger partial charge in [-0.25, -0.2) is 0 Å². The van der Waals surface area contributed by atoms with Crippen molar-refractivity contribution in [1.82, 2.24) is 10.2 Å². The molecule has 1 heterocycles. The van der Waals surface area contributed by atoms with E-state index in [1.165, 1.54) is 0 Å². The number of benzene rings is 1. The number of primary amides is 1. The maximum atomic E-state index is 11.6. The van der Waals surface area contributed by atoms with Crippen molar-refractivity contribution >= 4 is 46.7 Å². The second kappa shape index (κ2) is 8.76. The molecule has 7 heteroatoms. The molecule has 2 rings (SSSR count). The van der Waals surface area contributed by atoms with Crippen LogP contribution in [0.1, 0.15) is 11.6 Å². The first-order valence-electron chi connectivity index (χ1n) is 5.68. The Kier molecular flexibility index (Phi) is 8.61. The van der Waals surface area contributed by atoms with E-state index in [0.717, 1.165) is 36.2 Å². The average molecular weight is 371 g/mol. The van der Waals surface area contributed by atoms with Gasteiger partial charge in [0.15, 0.2) is 0 Å². The molecule has 1 amide bonds. The zero-order chi connectivity index (χ0) is 12.3. The van der Waals surface area contributed by atoms with Crippen LogP contribution in [0.3, 0.4) is 0 Å². The highest BCUT2D eigenvalue weighted by molar-refractivity contribution is 9.10. The first-order chi connectivity index (χ1) is 8.18. The van der Waals surface area contributed by atoms with Crippen LogP contribution in [-0.2, 0) is 4.79 Å². The van der Waals surface area contributed by atoms with Crippen LogP contribution in [-0.4, -0.2) is 37.0 Å². The third-order valence-corrected chi connectivity index (χ3v) is 3.50. The molecule has 1 saturated heterocycles. The SMILES string of the molecule is Cl.Cl.NC(=O)C(c1ccc(Br)cc1)N1CCNCC1. The lowest BCUT2D eigenvalue weighted by molar-refractivity contribution is -0.123. The van der Waals surface area contributed by atoms with E-state index in [0.29, 0.717) is 0 Å². The fourth-order valence-electron chi connectivity index (χ4n) is 2.14. The van der Waals surface area contributed by atoms with Crippen molar-refractivity contribution in [2.24, 2.45) is 5.73 Å². The summed E-state index contributed by atoms with van der Waals surface area (Å²) in [5.41, 5.74) is 6.49.